The monoisotopic (exact) mass is 261 g/mol. The first kappa shape index (κ1) is 14.4. The molecule has 1 aromatic carbocycles. The molecule has 0 saturated heterocycles. The third kappa shape index (κ3) is 5.02. The van der Waals surface area contributed by atoms with E-state index < -0.39 is 11.6 Å². The second-order valence-corrected chi connectivity index (χ2v) is 4.69. The number of benzene rings is 1. The van der Waals surface area contributed by atoms with Crippen molar-refractivity contribution >= 4 is 11.8 Å². The van der Waals surface area contributed by atoms with Gasteiger partial charge in [-0.3, -0.25) is 0 Å². The van der Waals surface area contributed by atoms with Crippen molar-refractivity contribution in [3.05, 3.63) is 35.4 Å². The molecule has 0 saturated carbocycles. The molecule has 0 amide bonds. The first-order chi connectivity index (χ1) is 8.17. The van der Waals surface area contributed by atoms with Gasteiger partial charge in [0.1, 0.15) is 11.6 Å². The van der Waals surface area contributed by atoms with Gasteiger partial charge in [-0.2, -0.15) is 11.8 Å². The van der Waals surface area contributed by atoms with Crippen molar-refractivity contribution in [3.8, 4) is 0 Å². The number of thioether (sulfide) groups is 1. The Bertz CT molecular complexity index is 343. The summed E-state index contributed by atoms with van der Waals surface area (Å²) < 4.78 is 26.0. The van der Waals surface area contributed by atoms with Crippen LogP contribution in [0.1, 0.15) is 12.0 Å². The van der Waals surface area contributed by atoms with E-state index in [0.717, 1.165) is 11.8 Å². The van der Waals surface area contributed by atoms with Crippen LogP contribution in [-0.4, -0.2) is 29.8 Å². The van der Waals surface area contributed by atoms with Crippen molar-refractivity contribution in [2.24, 2.45) is 0 Å². The third-order valence-electron chi connectivity index (χ3n) is 2.44. The van der Waals surface area contributed by atoms with Crippen molar-refractivity contribution in [1.29, 1.82) is 0 Å². The second-order valence-electron chi connectivity index (χ2n) is 3.78. The van der Waals surface area contributed by atoms with Crippen LogP contribution in [0.2, 0.25) is 0 Å². The smallest absolute Gasteiger partial charge is 0.130 e. The van der Waals surface area contributed by atoms with E-state index in [0.29, 0.717) is 18.5 Å². The summed E-state index contributed by atoms with van der Waals surface area (Å²) in [7, 11) is 0. The van der Waals surface area contributed by atoms with Gasteiger partial charge in [-0.25, -0.2) is 8.78 Å². The quantitative estimate of drug-likeness (QED) is 0.789. The molecule has 0 aliphatic rings. The maximum absolute atomic E-state index is 13.3. The summed E-state index contributed by atoms with van der Waals surface area (Å²) in [5, 5.41) is 12.0. The average Bonchev–Trinajstić information content (AvgIpc) is 2.28. The van der Waals surface area contributed by atoms with Crippen LogP contribution in [0.4, 0.5) is 8.78 Å². The lowest BCUT2D eigenvalue weighted by Gasteiger charge is -2.16. The molecule has 5 heteroatoms. The van der Waals surface area contributed by atoms with E-state index in [2.05, 4.69) is 5.32 Å². The molecule has 2 nitrogen and oxygen atoms in total. The van der Waals surface area contributed by atoms with Gasteiger partial charge in [0.05, 0.1) is 0 Å². The highest BCUT2D eigenvalue weighted by Crippen LogP contribution is 2.10. The van der Waals surface area contributed by atoms with Crippen molar-refractivity contribution in [3.63, 3.8) is 0 Å². The molecule has 0 aromatic heterocycles. The standard InChI is InChI=1S/C12H17F2NOS/c1-17-8-11(4-5-16)15-7-9-2-3-10(13)6-12(9)14/h2-3,6,11,15-16H,4-5,7-8H2,1H3. The summed E-state index contributed by atoms with van der Waals surface area (Å²) in [5.74, 6) is -0.254. The third-order valence-corrected chi connectivity index (χ3v) is 3.18. The van der Waals surface area contributed by atoms with Crippen LogP contribution in [0.3, 0.4) is 0 Å². The zero-order valence-electron chi connectivity index (χ0n) is 9.75. The fourth-order valence-corrected chi connectivity index (χ4v) is 2.21. The highest BCUT2D eigenvalue weighted by Gasteiger charge is 2.09. The van der Waals surface area contributed by atoms with Crippen LogP contribution < -0.4 is 5.32 Å². The molecule has 2 N–H and O–H groups in total. The van der Waals surface area contributed by atoms with E-state index in [-0.39, 0.29) is 12.6 Å². The molecule has 1 rings (SSSR count). The van der Waals surface area contributed by atoms with E-state index in [4.69, 9.17) is 5.11 Å². The maximum Gasteiger partial charge on any atom is 0.130 e. The van der Waals surface area contributed by atoms with Gasteiger partial charge in [-0.15, -0.1) is 0 Å². The highest BCUT2D eigenvalue weighted by atomic mass is 32.2. The fraction of sp³-hybridized carbons (Fsp3) is 0.500. The molecule has 0 radical (unpaired) electrons. The maximum atomic E-state index is 13.3. The minimum Gasteiger partial charge on any atom is -0.396 e. The van der Waals surface area contributed by atoms with Crippen LogP contribution in [0.5, 0.6) is 0 Å². The Morgan fingerprint density at radius 3 is 2.76 bits per heavy atom. The van der Waals surface area contributed by atoms with Gasteiger partial charge in [0.15, 0.2) is 0 Å². The largest absolute Gasteiger partial charge is 0.396 e. The summed E-state index contributed by atoms with van der Waals surface area (Å²) in [6.07, 6.45) is 2.61. The van der Waals surface area contributed by atoms with E-state index in [1.165, 1.54) is 12.1 Å². The van der Waals surface area contributed by atoms with Crippen molar-refractivity contribution < 1.29 is 13.9 Å². The van der Waals surface area contributed by atoms with Crippen LogP contribution in [0.15, 0.2) is 18.2 Å². The van der Waals surface area contributed by atoms with E-state index in [9.17, 15) is 8.78 Å². The molecule has 1 aromatic rings. The Morgan fingerprint density at radius 1 is 1.41 bits per heavy atom. The Balaban J connectivity index is 2.52. The summed E-state index contributed by atoms with van der Waals surface area (Å²) >= 11 is 1.66. The Kier molecular flexibility index (Phi) is 6.47. The highest BCUT2D eigenvalue weighted by molar-refractivity contribution is 7.98. The molecule has 0 heterocycles. The summed E-state index contributed by atoms with van der Waals surface area (Å²) in [6, 6.07) is 3.70. The lowest BCUT2D eigenvalue weighted by atomic mass is 10.2. The van der Waals surface area contributed by atoms with Gasteiger partial charge in [-0.05, 0) is 18.7 Å². The number of hydrogen-bond donors (Lipinski definition) is 2. The Morgan fingerprint density at radius 2 is 2.18 bits per heavy atom. The number of nitrogens with one attached hydrogen (secondary N) is 1. The van der Waals surface area contributed by atoms with Gasteiger partial charge in [-0.1, -0.05) is 6.07 Å². The van der Waals surface area contributed by atoms with Crippen molar-refractivity contribution in [2.45, 2.75) is 19.0 Å². The van der Waals surface area contributed by atoms with Gasteiger partial charge < -0.3 is 10.4 Å². The minimum absolute atomic E-state index is 0.101. The number of aliphatic hydroxyl groups excluding tert-OH is 1. The minimum atomic E-state index is -0.567. The number of aliphatic hydroxyl groups is 1. The van der Waals surface area contributed by atoms with Crippen LogP contribution in [-0.2, 0) is 6.54 Å². The molecule has 0 spiro atoms. The summed E-state index contributed by atoms with van der Waals surface area (Å²) in [4.78, 5) is 0. The molecular weight excluding hydrogens is 244 g/mol. The van der Waals surface area contributed by atoms with Gasteiger partial charge in [0, 0.05) is 36.6 Å². The Hall–Kier alpha value is -0.650. The van der Waals surface area contributed by atoms with Gasteiger partial charge in [0.25, 0.3) is 0 Å². The van der Waals surface area contributed by atoms with E-state index >= 15 is 0 Å². The topological polar surface area (TPSA) is 32.3 Å². The molecule has 17 heavy (non-hydrogen) atoms. The first-order valence-corrected chi connectivity index (χ1v) is 6.84. The summed E-state index contributed by atoms with van der Waals surface area (Å²) in [5.41, 5.74) is 0.440. The van der Waals surface area contributed by atoms with Crippen LogP contribution >= 0.6 is 11.8 Å². The average molecular weight is 261 g/mol. The zero-order valence-corrected chi connectivity index (χ0v) is 10.6. The lowest BCUT2D eigenvalue weighted by molar-refractivity contribution is 0.269. The fourth-order valence-electron chi connectivity index (χ4n) is 1.52. The van der Waals surface area contributed by atoms with E-state index in [1.54, 1.807) is 11.8 Å². The molecule has 1 unspecified atom stereocenters. The lowest BCUT2D eigenvalue weighted by Crippen LogP contribution is -2.32. The molecule has 0 bridgehead atoms. The van der Waals surface area contributed by atoms with E-state index in [1.807, 2.05) is 6.26 Å². The first-order valence-electron chi connectivity index (χ1n) is 5.44. The number of hydrogen-bond acceptors (Lipinski definition) is 3. The molecule has 1 atom stereocenters. The SMILES string of the molecule is CSCC(CCO)NCc1ccc(F)cc1F. The van der Waals surface area contributed by atoms with Crippen molar-refractivity contribution in [1.82, 2.24) is 5.32 Å². The van der Waals surface area contributed by atoms with Crippen LogP contribution in [0.25, 0.3) is 0 Å². The molecule has 96 valence electrons. The van der Waals surface area contributed by atoms with Crippen LogP contribution in [0, 0.1) is 11.6 Å². The second kappa shape index (κ2) is 7.63. The van der Waals surface area contributed by atoms with Crippen molar-refractivity contribution in [2.75, 3.05) is 18.6 Å². The summed E-state index contributed by atoms with van der Waals surface area (Å²) in [6.45, 7) is 0.446. The number of halogens is 2. The molecule has 0 aliphatic carbocycles. The number of rotatable bonds is 7. The molecule has 0 fully saturated rings. The normalized spacial score (nSPS) is 12.7. The Labute approximate surface area is 104 Å². The van der Waals surface area contributed by atoms with Gasteiger partial charge in [0.2, 0.25) is 0 Å². The van der Waals surface area contributed by atoms with Gasteiger partial charge >= 0.3 is 0 Å². The predicted molar refractivity (Wildman–Crippen MR) is 67.1 cm³/mol. The molecular formula is C12H17F2NOS. The molecule has 0 aliphatic heterocycles. The zero-order chi connectivity index (χ0) is 12.7. The predicted octanol–water partition coefficient (Wildman–Crippen LogP) is 2.17.